The van der Waals surface area contributed by atoms with Crippen LogP contribution < -0.4 is 4.74 Å². The number of hydrogen-bond donors (Lipinski definition) is 2. The van der Waals surface area contributed by atoms with Gasteiger partial charge in [-0.2, -0.15) is 0 Å². The maximum absolute atomic E-state index is 11.3. The molecule has 0 fully saturated rings. The summed E-state index contributed by atoms with van der Waals surface area (Å²) in [7, 11) is 0. The molecule has 4 rings (SSSR count). The molecule has 0 aliphatic rings. The van der Waals surface area contributed by atoms with Crippen LogP contribution in [0.3, 0.4) is 0 Å². The molecule has 1 atom stereocenters. The summed E-state index contributed by atoms with van der Waals surface area (Å²) in [5, 5.41) is 9.23. The summed E-state index contributed by atoms with van der Waals surface area (Å²) in [6.07, 6.45) is 6.68. The van der Waals surface area contributed by atoms with E-state index in [9.17, 15) is 9.90 Å². The summed E-state index contributed by atoms with van der Waals surface area (Å²) < 4.78 is 13.5. The van der Waals surface area contributed by atoms with Crippen molar-refractivity contribution < 1.29 is 19.4 Å². The summed E-state index contributed by atoms with van der Waals surface area (Å²) >= 11 is 1.74. The summed E-state index contributed by atoms with van der Waals surface area (Å²) in [4.78, 5) is 18.9. The van der Waals surface area contributed by atoms with Crippen LogP contribution in [0.25, 0.3) is 11.3 Å². The normalized spacial score (nSPS) is 11.4. The van der Waals surface area contributed by atoms with E-state index < -0.39 is 12.1 Å². The van der Waals surface area contributed by atoms with Crippen LogP contribution in [-0.4, -0.2) is 51.2 Å². The molecule has 8 heteroatoms. The SMILES string of the molecule is CCO[C@@H](Cc1ccc(OCCn2c(C)ccc2-c2ccc(SC)cc2)cc1)C(=O)O.c1c[nH]cn1. The molecule has 0 spiro atoms. The minimum atomic E-state index is -0.942. The highest BCUT2D eigenvalue weighted by Gasteiger charge is 2.17. The quantitative estimate of drug-likeness (QED) is 0.253. The Labute approximate surface area is 216 Å². The van der Waals surface area contributed by atoms with Crippen molar-refractivity contribution in [3.8, 4) is 17.0 Å². The average Bonchev–Trinajstić information content (AvgIpc) is 3.59. The fraction of sp³-hybridized carbons (Fsp3) is 0.286. The van der Waals surface area contributed by atoms with Gasteiger partial charge in [-0.3, -0.25) is 0 Å². The zero-order chi connectivity index (χ0) is 25.8. The molecule has 0 aliphatic heterocycles. The van der Waals surface area contributed by atoms with Crippen LogP contribution in [0.15, 0.2) is 84.3 Å². The van der Waals surface area contributed by atoms with Gasteiger partial charge < -0.3 is 24.1 Å². The third-order valence-electron chi connectivity index (χ3n) is 5.56. The molecule has 0 saturated carbocycles. The second-order valence-electron chi connectivity index (χ2n) is 7.98. The summed E-state index contributed by atoms with van der Waals surface area (Å²) in [5.74, 6) is -0.175. The van der Waals surface area contributed by atoms with Gasteiger partial charge in [-0.05, 0) is 67.6 Å². The number of imidazole rings is 1. The molecule has 190 valence electrons. The first-order valence-corrected chi connectivity index (χ1v) is 13.0. The lowest BCUT2D eigenvalue weighted by molar-refractivity contribution is -0.149. The molecule has 0 radical (unpaired) electrons. The molecule has 0 bridgehead atoms. The number of nitrogens with zero attached hydrogens (tertiary/aromatic N) is 2. The first-order chi connectivity index (χ1) is 17.5. The zero-order valence-corrected chi connectivity index (χ0v) is 21.7. The number of nitrogens with one attached hydrogen (secondary N) is 1. The number of carbonyl (C=O) groups is 1. The molecule has 4 aromatic rings. The Kier molecular flexibility index (Phi) is 10.7. The number of benzene rings is 2. The van der Waals surface area contributed by atoms with Crippen LogP contribution in [-0.2, 0) is 22.5 Å². The van der Waals surface area contributed by atoms with Gasteiger partial charge in [0, 0.05) is 41.7 Å². The van der Waals surface area contributed by atoms with E-state index in [1.165, 1.54) is 21.8 Å². The molecular formula is C28H33N3O4S. The number of ether oxygens (including phenoxy) is 2. The maximum Gasteiger partial charge on any atom is 0.333 e. The maximum atomic E-state index is 11.3. The first-order valence-electron chi connectivity index (χ1n) is 11.8. The number of carboxylic acid groups (broad SMARTS) is 1. The third-order valence-corrected chi connectivity index (χ3v) is 6.31. The Bertz CT molecular complexity index is 1160. The van der Waals surface area contributed by atoms with Crippen molar-refractivity contribution in [2.24, 2.45) is 0 Å². The molecule has 2 N–H and O–H groups in total. The Hall–Kier alpha value is -3.49. The van der Waals surface area contributed by atoms with E-state index in [1.807, 2.05) is 24.3 Å². The first kappa shape index (κ1) is 27.1. The minimum absolute atomic E-state index is 0.338. The number of rotatable bonds is 11. The molecule has 0 unspecified atom stereocenters. The third kappa shape index (κ3) is 8.03. The van der Waals surface area contributed by atoms with Gasteiger partial charge in [-0.1, -0.05) is 24.3 Å². The van der Waals surface area contributed by atoms with E-state index in [0.29, 0.717) is 19.6 Å². The Morgan fingerprint density at radius 3 is 2.42 bits per heavy atom. The minimum Gasteiger partial charge on any atom is -0.492 e. The van der Waals surface area contributed by atoms with Gasteiger partial charge in [0.15, 0.2) is 6.10 Å². The molecule has 2 aromatic carbocycles. The highest BCUT2D eigenvalue weighted by molar-refractivity contribution is 7.98. The van der Waals surface area contributed by atoms with Crippen LogP contribution in [0.5, 0.6) is 5.75 Å². The van der Waals surface area contributed by atoms with Crippen LogP contribution >= 0.6 is 11.8 Å². The molecule has 2 aromatic heterocycles. The van der Waals surface area contributed by atoms with Gasteiger partial charge in [0.1, 0.15) is 12.4 Å². The number of H-pyrrole nitrogens is 1. The summed E-state index contributed by atoms with van der Waals surface area (Å²) in [6, 6.07) is 20.4. The van der Waals surface area contributed by atoms with E-state index in [0.717, 1.165) is 17.9 Å². The standard InChI is InChI=1S/C25H29NO4S.C3H4N2/c1-4-29-24(25(27)28)17-19-6-10-21(11-7-19)30-16-15-26-18(2)5-14-23(26)20-8-12-22(31-3)13-9-20;1-2-5-3-4-1/h5-14,24H,4,15-17H2,1-3H3,(H,27,28);1-3H,(H,4,5)/t24-;/m0./s1. The number of aromatic nitrogens is 3. The number of thioether (sulfide) groups is 1. The molecule has 36 heavy (non-hydrogen) atoms. The summed E-state index contributed by atoms with van der Waals surface area (Å²) in [5.41, 5.74) is 4.47. The fourth-order valence-electron chi connectivity index (χ4n) is 3.70. The van der Waals surface area contributed by atoms with Crippen LogP contribution in [0, 0.1) is 6.92 Å². The Morgan fingerprint density at radius 1 is 1.11 bits per heavy atom. The van der Waals surface area contributed by atoms with Crippen molar-refractivity contribution in [1.29, 1.82) is 0 Å². The van der Waals surface area contributed by atoms with E-state index in [4.69, 9.17) is 9.47 Å². The van der Waals surface area contributed by atoms with Crippen molar-refractivity contribution in [3.63, 3.8) is 0 Å². The predicted molar refractivity (Wildman–Crippen MR) is 144 cm³/mol. The highest BCUT2D eigenvalue weighted by Crippen LogP contribution is 2.25. The number of aromatic amines is 1. The van der Waals surface area contributed by atoms with Gasteiger partial charge in [-0.25, -0.2) is 9.78 Å². The van der Waals surface area contributed by atoms with E-state index in [-0.39, 0.29) is 0 Å². The Morgan fingerprint density at radius 2 is 1.86 bits per heavy atom. The molecule has 7 nitrogen and oxygen atoms in total. The van der Waals surface area contributed by atoms with Crippen molar-refractivity contribution in [1.82, 2.24) is 14.5 Å². The van der Waals surface area contributed by atoms with Crippen molar-refractivity contribution in [3.05, 3.63) is 90.6 Å². The summed E-state index contributed by atoms with van der Waals surface area (Å²) in [6.45, 7) is 5.56. The van der Waals surface area contributed by atoms with Gasteiger partial charge in [0.2, 0.25) is 0 Å². The lowest BCUT2D eigenvalue weighted by Crippen LogP contribution is -2.26. The average molecular weight is 508 g/mol. The molecular weight excluding hydrogens is 474 g/mol. The molecule has 0 saturated heterocycles. The topological polar surface area (TPSA) is 89.4 Å². The van der Waals surface area contributed by atoms with Crippen molar-refractivity contribution in [2.75, 3.05) is 19.5 Å². The lowest BCUT2D eigenvalue weighted by Gasteiger charge is -2.14. The van der Waals surface area contributed by atoms with Crippen molar-refractivity contribution in [2.45, 2.75) is 37.8 Å². The van der Waals surface area contributed by atoms with Crippen LogP contribution in [0.4, 0.5) is 0 Å². The number of aryl methyl sites for hydroxylation is 1. The van der Waals surface area contributed by atoms with Crippen molar-refractivity contribution >= 4 is 17.7 Å². The number of carboxylic acids is 1. The smallest absolute Gasteiger partial charge is 0.333 e. The van der Waals surface area contributed by atoms with Gasteiger partial charge >= 0.3 is 5.97 Å². The van der Waals surface area contributed by atoms with E-state index >= 15 is 0 Å². The highest BCUT2D eigenvalue weighted by atomic mass is 32.2. The zero-order valence-electron chi connectivity index (χ0n) is 20.9. The Balaban J connectivity index is 0.000000642. The largest absolute Gasteiger partial charge is 0.492 e. The van der Waals surface area contributed by atoms with Crippen LogP contribution in [0.2, 0.25) is 0 Å². The number of aliphatic carboxylic acids is 1. The van der Waals surface area contributed by atoms with Gasteiger partial charge in [-0.15, -0.1) is 11.8 Å². The lowest BCUT2D eigenvalue weighted by atomic mass is 10.1. The molecule has 0 aliphatic carbocycles. The second-order valence-corrected chi connectivity index (χ2v) is 8.86. The van der Waals surface area contributed by atoms with Gasteiger partial charge in [0.05, 0.1) is 12.9 Å². The number of hydrogen-bond acceptors (Lipinski definition) is 5. The molecule has 2 heterocycles. The van der Waals surface area contributed by atoms with E-state index in [2.05, 4.69) is 64.1 Å². The fourth-order valence-corrected chi connectivity index (χ4v) is 4.11. The van der Waals surface area contributed by atoms with E-state index in [1.54, 1.807) is 37.4 Å². The predicted octanol–water partition coefficient (Wildman–Crippen LogP) is 5.71. The second kappa shape index (κ2) is 14.2. The van der Waals surface area contributed by atoms with Gasteiger partial charge in [0.25, 0.3) is 0 Å². The van der Waals surface area contributed by atoms with Crippen LogP contribution in [0.1, 0.15) is 18.2 Å². The monoisotopic (exact) mass is 507 g/mol. The molecule has 0 amide bonds.